The van der Waals surface area contributed by atoms with E-state index in [1.807, 2.05) is 19.9 Å². The maximum absolute atomic E-state index is 10.7. The fraction of sp³-hybridized carbons (Fsp3) is 0.833. The molecular weight excluding hydrogens is 224 g/mol. The van der Waals surface area contributed by atoms with Gasteiger partial charge in [-0.05, 0) is 33.3 Å². The lowest BCUT2D eigenvalue weighted by Gasteiger charge is -2.47. The summed E-state index contributed by atoms with van der Waals surface area (Å²) < 4.78 is 22.3. The van der Waals surface area contributed by atoms with Crippen LogP contribution in [-0.2, 0) is 18.9 Å². The van der Waals surface area contributed by atoms with Gasteiger partial charge in [0, 0.05) is 0 Å². The summed E-state index contributed by atoms with van der Waals surface area (Å²) in [6.45, 7) is 5.48. The van der Waals surface area contributed by atoms with E-state index in [1.165, 1.54) is 0 Å². The third-order valence-electron chi connectivity index (χ3n) is 3.40. The van der Waals surface area contributed by atoms with Gasteiger partial charge in [0.15, 0.2) is 24.0 Å². The molecule has 2 aliphatic heterocycles. The van der Waals surface area contributed by atoms with Gasteiger partial charge in [0.05, 0.1) is 6.10 Å². The van der Waals surface area contributed by atoms with Crippen molar-refractivity contribution in [3.63, 3.8) is 0 Å². The molecule has 0 aromatic rings. The van der Waals surface area contributed by atoms with Crippen molar-refractivity contribution in [1.82, 2.24) is 0 Å². The van der Waals surface area contributed by atoms with Crippen molar-refractivity contribution in [1.29, 1.82) is 0 Å². The van der Waals surface area contributed by atoms with Gasteiger partial charge in [-0.15, -0.1) is 0 Å². The Morgan fingerprint density at radius 3 is 2.59 bits per heavy atom. The Morgan fingerprint density at radius 2 is 1.94 bits per heavy atom. The predicted molar refractivity (Wildman–Crippen MR) is 58.0 cm³/mol. The average molecular weight is 242 g/mol. The first-order valence-electron chi connectivity index (χ1n) is 5.97. The molecule has 1 aliphatic carbocycles. The fourth-order valence-electron chi connectivity index (χ4n) is 2.67. The van der Waals surface area contributed by atoms with Crippen LogP contribution < -0.4 is 0 Å². The smallest absolute Gasteiger partial charge is 0.198 e. The standard InChI is InChI=1S/C12H18O5/c1-7-14-10(15-7)12(13)6-4-5-8-9(12)17-11(2,3)16-8/h4,6-10,13H,5H2,1-3H3/t7?,8-,9-,10?,12-/m0/s1. The highest BCUT2D eigenvalue weighted by atomic mass is 16.9. The zero-order valence-electron chi connectivity index (χ0n) is 10.3. The zero-order valence-corrected chi connectivity index (χ0v) is 10.3. The zero-order chi connectivity index (χ0) is 12.3. The molecule has 2 fully saturated rings. The summed E-state index contributed by atoms with van der Waals surface area (Å²) in [6.07, 6.45) is 2.80. The highest BCUT2D eigenvalue weighted by Gasteiger charge is 2.59. The number of aliphatic hydroxyl groups is 1. The molecule has 1 N–H and O–H groups in total. The third-order valence-corrected chi connectivity index (χ3v) is 3.40. The topological polar surface area (TPSA) is 57.2 Å². The van der Waals surface area contributed by atoms with Gasteiger partial charge in [-0.2, -0.15) is 0 Å². The normalized spacial score (nSPS) is 52.0. The molecule has 3 rings (SSSR count). The van der Waals surface area contributed by atoms with Crippen molar-refractivity contribution in [2.45, 2.75) is 63.4 Å². The molecule has 17 heavy (non-hydrogen) atoms. The van der Waals surface area contributed by atoms with Crippen LogP contribution >= 0.6 is 0 Å². The Balaban J connectivity index is 1.84. The van der Waals surface area contributed by atoms with Gasteiger partial charge in [-0.1, -0.05) is 6.08 Å². The first-order valence-corrected chi connectivity index (χ1v) is 5.97. The molecule has 2 saturated heterocycles. The van der Waals surface area contributed by atoms with Gasteiger partial charge in [-0.3, -0.25) is 0 Å². The highest BCUT2D eigenvalue weighted by Crippen LogP contribution is 2.43. The average Bonchev–Trinajstić information content (AvgIpc) is 2.50. The molecule has 0 unspecified atom stereocenters. The van der Waals surface area contributed by atoms with Gasteiger partial charge < -0.3 is 24.1 Å². The lowest BCUT2D eigenvalue weighted by atomic mass is 9.85. The van der Waals surface area contributed by atoms with E-state index in [4.69, 9.17) is 18.9 Å². The minimum absolute atomic E-state index is 0.150. The minimum atomic E-state index is -1.26. The molecule has 0 amide bonds. The van der Waals surface area contributed by atoms with Gasteiger partial charge in [0.1, 0.15) is 6.10 Å². The van der Waals surface area contributed by atoms with Crippen LogP contribution in [0.25, 0.3) is 0 Å². The summed E-state index contributed by atoms with van der Waals surface area (Å²) >= 11 is 0. The van der Waals surface area contributed by atoms with Crippen molar-refractivity contribution < 1.29 is 24.1 Å². The van der Waals surface area contributed by atoms with E-state index in [9.17, 15) is 5.11 Å². The molecule has 0 bridgehead atoms. The van der Waals surface area contributed by atoms with E-state index in [-0.39, 0.29) is 12.4 Å². The lowest BCUT2D eigenvalue weighted by Crippen LogP contribution is -2.63. The Kier molecular flexibility index (Phi) is 2.41. The summed E-state index contributed by atoms with van der Waals surface area (Å²) in [5, 5.41) is 10.7. The summed E-state index contributed by atoms with van der Waals surface area (Å²) in [4.78, 5) is 0. The molecule has 0 aromatic carbocycles. The number of fused-ring (bicyclic) bond motifs is 1. The van der Waals surface area contributed by atoms with E-state index in [0.717, 1.165) is 6.42 Å². The summed E-state index contributed by atoms with van der Waals surface area (Å²) in [5.74, 6) is -0.676. The molecule has 0 aromatic heterocycles. The van der Waals surface area contributed by atoms with Crippen LogP contribution in [0, 0.1) is 0 Å². The number of hydrogen-bond donors (Lipinski definition) is 1. The minimum Gasteiger partial charge on any atom is -0.378 e. The fourth-order valence-corrected chi connectivity index (χ4v) is 2.67. The second-order valence-corrected chi connectivity index (χ2v) is 5.29. The Bertz CT molecular complexity index is 347. The van der Waals surface area contributed by atoms with Gasteiger partial charge in [0.2, 0.25) is 0 Å². The Labute approximate surface area is 100 Å². The molecule has 3 aliphatic rings. The Morgan fingerprint density at radius 1 is 1.24 bits per heavy atom. The van der Waals surface area contributed by atoms with E-state index in [0.29, 0.717) is 0 Å². The lowest BCUT2D eigenvalue weighted by molar-refractivity contribution is -0.422. The predicted octanol–water partition coefficient (Wildman–Crippen LogP) is 0.916. The van der Waals surface area contributed by atoms with Gasteiger partial charge in [0.25, 0.3) is 0 Å². The van der Waals surface area contributed by atoms with Gasteiger partial charge in [-0.25, -0.2) is 0 Å². The molecule has 3 atom stereocenters. The van der Waals surface area contributed by atoms with Crippen LogP contribution in [-0.4, -0.2) is 41.3 Å². The van der Waals surface area contributed by atoms with E-state index < -0.39 is 23.8 Å². The second kappa shape index (κ2) is 3.52. The second-order valence-electron chi connectivity index (χ2n) is 5.29. The number of hydrogen-bond acceptors (Lipinski definition) is 5. The first-order chi connectivity index (χ1) is 7.91. The summed E-state index contributed by atoms with van der Waals surface area (Å²) in [6, 6.07) is 0. The Hall–Kier alpha value is -0.460. The summed E-state index contributed by atoms with van der Waals surface area (Å²) in [5.41, 5.74) is -1.26. The van der Waals surface area contributed by atoms with Crippen LogP contribution in [0.4, 0.5) is 0 Å². The number of rotatable bonds is 1. The van der Waals surface area contributed by atoms with E-state index >= 15 is 0 Å². The molecular formula is C12H18O5. The van der Waals surface area contributed by atoms with Crippen LogP contribution in [0.5, 0.6) is 0 Å². The molecule has 5 heteroatoms. The van der Waals surface area contributed by atoms with E-state index in [2.05, 4.69) is 0 Å². The van der Waals surface area contributed by atoms with Crippen molar-refractivity contribution in [2.75, 3.05) is 0 Å². The van der Waals surface area contributed by atoms with Crippen LogP contribution in [0.1, 0.15) is 27.2 Å². The first kappa shape index (κ1) is 11.6. The largest absolute Gasteiger partial charge is 0.378 e. The van der Waals surface area contributed by atoms with E-state index in [1.54, 1.807) is 13.0 Å². The molecule has 0 saturated carbocycles. The molecule has 2 heterocycles. The molecule has 96 valence electrons. The molecule has 5 nitrogen and oxygen atoms in total. The number of ether oxygens (including phenoxy) is 4. The molecule has 0 spiro atoms. The van der Waals surface area contributed by atoms with Gasteiger partial charge >= 0.3 is 0 Å². The molecule has 0 radical (unpaired) electrons. The highest BCUT2D eigenvalue weighted by molar-refractivity contribution is 5.17. The third kappa shape index (κ3) is 1.73. The maximum Gasteiger partial charge on any atom is 0.198 e. The van der Waals surface area contributed by atoms with Crippen molar-refractivity contribution >= 4 is 0 Å². The summed E-state index contributed by atoms with van der Waals surface area (Å²) in [7, 11) is 0. The van der Waals surface area contributed by atoms with Crippen LogP contribution in [0.15, 0.2) is 12.2 Å². The van der Waals surface area contributed by atoms with Crippen LogP contribution in [0.3, 0.4) is 0 Å². The van der Waals surface area contributed by atoms with Crippen LogP contribution in [0.2, 0.25) is 0 Å². The maximum atomic E-state index is 10.7. The quantitative estimate of drug-likeness (QED) is 0.693. The van der Waals surface area contributed by atoms with Crippen molar-refractivity contribution in [3.05, 3.63) is 12.2 Å². The SMILES string of the molecule is CC1OC([C@]2(O)C=CC[C@@H]3OC(C)(C)O[C@@H]32)O1. The van der Waals surface area contributed by atoms with Crippen molar-refractivity contribution in [2.24, 2.45) is 0 Å². The van der Waals surface area contributed by atoms with Crippen molar-refractivity contribution in [3.8, 4) is 0 Å². The monoisotopic (exact) mass is 242 g/mol.